The fraction of sp³-hybridized carbons (Fsp3) is 0.267. The van der Waals surface area contributed by atoms with Crippen molar-refractivity contribution in [1.29, 1.82) is 0 Å². The average Bonchev–Trinajstić information content (AvgIpc) is 3.15. The molecule has 1 aliphatic rings. The molecule has 1 saturated carbocycles. The van der Waals surface area contributed by atoms with Gasteiger partial charge in [-0.2, -0.15) is 0 Å². The van der Waals surface area contributed by atoms with Crippen LogP contribution >= 0.6 is 22.9 Å². The van der Waals surface area contributed by atoms with Crippen molar-refractivity contribution in [1.82, 2.24) is 4.98 Å². The Morgan fingerprint density at radius 1 is 1.45 bits per heavy atom. The summed E-state index contributed by atoms with van der Waals surface area (Å²) in [5, 5.41) is 14.2. The van der Waals surface area contributed by atoms with Crippen LogP contribution in [0.4, 0.5) is 5.13 Å². The largest absolute Gasteiger partial charge is 0.481 e. The number of nitrogens with one attached hydrogen (secondary N) is 1. The van der Waals surface area contributed by atoms with Gasteiger partial charge in [-0.1, -0.05) is 23.7 Å². The van der Waals surface area contributed by atoms with Crippen LogP contribution in [-0.4, -0.2) is 22.0 Å². The van der Waals surface area contributed by atoms with E-state index in [1.54, 1.807) is 5.38 Å². The zero-order valence-electron chi connectivity index (χ0n) is 11.5. The zero-order chi connectivity index (χ0) is 15.7. The Morgan fingerprint density at radius 2 is 2.27 bits per heavy atom. The van der Waals surface area contributed by atoms with Gasteiger partial charge in [0.25, 0.3) is 0 Å². The topological polar surface area (TPSA) is 79.3 Å². The summed E-state index contributed by atoms with van der Waals surface area (Å²) in [5.41, 5.74) is 1.52. The number of anilines is 1. The molecule has 1 heterocycles. The summed E-state index contributed by atoms with van der Waals surface area (Å²) in [7, 11) is 0. The number of carboxylic acids is 1. The van der Waals surface area contributed by atoms with Crippen molar-refractivity contribution in [2.45, 2.75) is 18.8 Å². The second-order valence-corrected chi connectivity index (χ2v) is 6.50. The molecule has 1 amide bonds. The highest BCUT2D eigenvalue weighted by Crippen LogP contribution is 2.48. The molecule has 0 unspecified atom stereocenters. The Hall–Kier alpha value is -1.92. The van der Waals surface area contributed by atoms with E-state index in [-0.39, 0.29) is 24.2 Å². The number of amides is 1. The molecule has 1 aromatic carbocycles. The molecule has 2 N–H and O–H groups in total. The molecular formula is C15H13ClN2O3S. The Balaban J connectivity index is 1.59. The molecule has 0 aliphatic heterocycles. The molecule has 1 aliphatic carbocycles. The van der Waals surface area contributed by atoms with Crippen LogP contribution in [0.25, 0.3) is 0 Å². The van der Waals surface area contributed by atoms with Crippen LogP contribution in [0.15, 0.2) is 29.6 Å². The van der Waals surface area contributed by atoms with Gasteiger partial charge in [0, 0.05) is 16.3 Å². The third-order valence-electron chi connectivity index (χ3n) is 3.52. The van der Waals surface area contributed by atoms with E-state index in [2.05, 4.69) is 10.3 Å². The van der Waals surface area contributed by atoms with E-state index < -0.39 is 5.97 Å². The summed E-state index contributed by atoms with van der Waals surface area (Å²) in [6, 6.07) is 7.54. The van der Waals surface area contributed by atoms with Gasteiger partial charge in [0.2, 0.25) is 5.91 Å². The van der Waals surface area contributed by atoms with Crippen LogP contribution in [0.5, 0.6) is 0 Å². The SMILES string of the molecule is O=C(O)Cc1csc(NC(=O)[C@@H]2C[C@H]2c2cccc(Cl)c2)n1. The minimum atomic E-state index is -0.939. The van der Waals surface area contributed by atoms with E-state index in [9.17, 15) is 9.59 Å². The predicted octanol–water partition coefficient (Wildman–Crippen LogP) is 3.17. The van der Waals surface area contributed by atoms with Gasteiger partial charge in [-0.15, -0.1) is 11.3 Å². The van der Waals surface area contributed by atoms with Gasteiger partial charge in [-0.25, -0.2) is 4.98 Å². The highest BCUT2D eigenvalue weighted by Gasteiger charge is 2.44. The maximum Gasteiger partial charge on any atom is 0.309 e. The normalized spacial score (nSPS) is 19.7. The number of halogens is 1. The van der Waals surface area contributed by atoms with Gasteiger partial charge in [-0.3, -0.25) is 9.59 Å². The Morgan fingerprint density at radius 3 is 3.00 bits per heavy atom. The van der Waals surface area contributed by atoms with Crippen molar-refractivity contribution in [3.05, 3.63) is 45.9 Å². The summed E-state index contributed by atoms with van der Waals surface area (Å²) in [6.45, 7) is 0. The number of benzene rings is 1. The van der Waals surface area contributed by atoms with Crippen LogP contribution in [0.2, 0.25) is 5.02 Å². The Labute approximate surface area is 136 Å². The lowest BCUT2D eigenvalue weighted by atomic mass is 10.1. The molecule has 22 heavy (non-hydrogen) atoms. The molecule has 0 saturated heterocycles. The van der Waals surface area contributed by atoms with Gasteiger partial charge in [0.05, 0.1) is 12.1 Å². The van der Waals surface area contributed by atoms with Crippen LogP contribution in [0.1, 0.15) is 23.6 Å². The quantitative estimate of drug-likeness (QED) is 0.879. The van der Waals surface area contributed by atoms with Crippen LogP contribution < -0.4 is 5.32 Å². The standard InChI is InChI=1S/C15H13ClN2O3S/c16-9-3-1-2-8(4-9)11-6-12(11)14(21)18-15-17-10(7-22-15)5-13(19)20/h1-4,7,11-12H,5-6H2,(H,19,20)(H,17,18,21)/t11-,12+/m0/s1. The smallest absolute Gasteiger partial charge is 0.309 e. The fourth-order valence-corrected chi connectivity index (χ4v) is 3.30. The number of carbonyl (C=O) groups is 2. The third-order valence-corrected chi connectivity index (χ3v) is 4.56. The lowest BCUT2D eigenvalue weighted by Gasteiger charge is -2.02. The number of aromatic nitrogens is 1. The summed E-state index contributed by atoms with van der Waals surface area (Å²) in [5.74, 6) is -0.907. The average molecular weight is 337 g/mol. The van der Waals surface area contributed by atoms with Gasteiger partial charge in [0.1, 0.15) is 0 Å². The second kappa shape index (κ2) is 6.06. The molecule has 0 bridgehead atoms. The monoisotopic (exact) mass is 336 g/mol. The molecule has 0 spiro atoms. The number of hydrogen-bond acceptors (Lipinski definition) is 4. The molecule has 1 fully saturated rings. The first kappa shape index (κ1) is 15.0. The van der Waals surface area contributed by atoms with Crippen molar-refractivity contribution < 1.29 is 14.7 Å². The van der Waals surface area contributed by atoms with Crippen molar-refractivity contribution in [3.8, 4) is 0 Å². The second-order valence-electron chi connectivity index (χ2n) is 5.21. The Kier molecular flexibility index (Phi) is 4.13. The molecule has 3 rings (SSSR count). The number of hydrogen-bond donors (Lipinski definition) is 2. The minimum Gasteiger partial charge on any atom is -0.481 e. The molecule has 1 aromatic heterocycles. The molecule has 7 heteroatoms. The minimum absolute atomic E-state index is 0.0784. The van der Waals surface area contributed by atoms with Crippen molar-refractivity contribution in [2.75, 3.05) is 5.32 Å². The molecular weight excluding hydrogens is 324 g/mol. The van der Waals surface area contributed by atoms with Crippen LogP contribution in [0.3, 0.4) is 0 Å². The first-order valence-corrected chi connectivity index (χ1v) is 8.01. The maximum atomic E-state index is 12.2. The fourth-order valence-electron chi connectivity index (χ4n) is 2.39. The van der Waals surface area contributed by atoms with Gasteiger partial charge in [-0.05, 0) is 30.0 Å². The third kappa shape index (κ3) is 3.45. The molecule has 114 valence electrons. The number of rotatable bonds is 5. The first-order valence-electron chi connectivity index (χ1n) is 6.75. The Bertz CT molecular complexity index is 731. The maximum absolute atomic E-state index is 12.2. The highest BCUT2D eigenvalue weighted by atomic mass is 35.5. The number of thiazole rings is 1. The van der Waals surface area contributed by atoms with Gasteiger partial charge < -0.3 is 10.4 Å². The summed E-state index contributed by atoms with van der Waals surface area (Å²) >= 11 is 7.20. The number of carbonyl (C=O) groups excluding carboxylic acids is 1. The van der Waals surface area contributed by atoms with E-state index in [0.717, 1.165) is 12.0 Å². The van der Waals surface area contributed by atoms with E-state index >= 15 is 0 Å². The van der Waals surface area contributed by atoms with Crippen LogP contribution in [0, 0.1) is 5.92 Å². The molecule has 2 atom stereocenters. The lowest BCUT2D eigenvalue weighted by Crippen LogP contribution is -2.14. The molecule has 5 nitrogen and oxygen atoms in total. The first-order chi connectivity index (χ1) is 10.5. The highest BCUT2D eigenvalue weighted by molar-refractivity contribution is 7.13. The van der Waals surface area contributed by atoms with E-state index in [4.69, 9.17) is 16.7 Å². The van der Waals surface area contributed by atoms with E-state index in [0.29, 0.717) is 15.8 Å². The van der Waals surface area contributed by atoms with Crippen molar-refractivity contribution in [3.63, 3.8) is 0 Å². The summed E-state index contributed by atoms with van der Waals surface area (Å²) < 4.78 is 0. The summed E-state index contributed by atoms with van der Waals surface area (Å²) in [6.07, 6.45) is 0.653. The predicted molar refractivity (Wildman–Crippen MR) is 84.4 cm³/mol. The number of carboxylic acid groups (broad SMARTS) is 1. The zero-order valence-corrected chi connectivity index (χ0v) is 13.0. The molecule has 2 aromatic rings. The van der Waals surface area contributed by atoms with Crippen molar-refractivity contribution >= 4 is 39.9 Å². The van der Waals surface area contributed by atoms with Gasteiger partial charge in [0.15, 0.2) is 5.13 Å². The van der Waals surface area contributed by atoms with Crippen LogP contribution in [-0.2, 0) is 16.0 Å². The van der Waals surface area contributed by atoms with Gasteiger partial charge >= 0.3 is 5.97 Å². The van der Waals surface area contributed by atoms with Crippen molar-refractivity contribution in [2.24, 2.45) is 5.92 Å². The number of aliphatic carboxylic acids is 1. The number of nitrogens with zero attached hydrogens (tertiary/aromatic N) is 1. The molecule has 0 radical (unpaired) electrons. The van der Waals surface area contributed by atoms with E-state index in [1.807, 2.05) is 24.3 Å². The summed E-state index contributed by atoms with van der Waals surface area (Å²) in [4.78, 5) is 26.9. The lowest BCUT2D eigenvalue weighted by molar-refractivity contribution is -0.136. The van der Waals surface area contributed by atoms with E-state index in [1.165, 1.54) is 11.3 Å².